The summed E-state index contributed by atoms with van der Waals surface area (Å²) in [5.41, 5.74) is 5.08. The van der Waals surface area contributed by atoms with Crippen molar-refractivity contribution in [2.75, 3.05) is 45.8 Å². The van der Waals surface area contributed by atoms with Gasteiger partial charge in [0.05, 0.1) is 12.0 Å². The van der Waals surface area contributed by atoms with Crippen molar-refractivity contribution in [3.05, 3.63) is 0 Å². The molecule has 0 aromatic heterocycles. The number of primary amides is 1. The third-order valence-electron chi connectivity index (χ3n) is 4.95. The Bertz CT molecular complexity index is 380. The fourth-order valence-electron chi connectivity index (χ4n) is 3.51. The third-order valence-corrected chi connectivity index (χ3v) is 4.95. The van der Waals surface area contributed by atoms with E-state index in [-0.39, 0.29) is 11.3 Å². The van der Waals surface area contributed by atoms with Gasteiger partial charge in [-0.2, -0.15) is 0 Å². The molecule has 2 heterocycles. The van der Waals surface area contributed by atoms with Crippen molar-refractivity contribution in [1.29, 1.82) is 0 Å². The number of nitrogens with one attached hydrogen (secondary N) is 1. The zero-order chi connectivity index (χ0) is 15.3. The van der Waals surface area contributed by atoms with Crippen LogP contribution in [0.2, 0.25) is 0 Å². The molecule has 0 radical (unpaired) electrons. The second-order valence-electron chi connectivity index (χ2n) is 6.27. The lowest BCUT2D eigenvalue weighted by molar-refractivity contribution is -0.144. The van der Waals surface area contributed by atoms with E-state index in [4.69, 9.17) is 5.73 Å². The number of piperidine rings is 1. The maximum atomic E-state index is 13.0. The maximum absolute atomic E-state index is 13.0. The van der Waals surface area contributed by atoms with Gasteiger partial charge in [-0.25, -0.2) is 0 Å². The van der Waals surface area contributed by atoms with Crippen LogP contribution in [0, 0.1) is 5.41 Å². The van der Waals surface area contributed by atoms with E-state index in [2.05, 4.69) is 17.1 Å². The Morgan fingerprint density at radius 3 is 2.48 bits per heavy atom. The fourth-order valence-corrected chi connectivity index (χ4v) is 3.51. The van der Waals surface area contributed by atoms with Crippen molar-refractivity contribution in [1.82, 2.24) is 15.1 Å². The molecule has 6 heteroatoms. The molecule has 0 aromatic rings. The van der Waals surface area contributed by atoms with Crippen molar-refractivity contribution in [2.24, 2.45) is 11.1 Å². The molecule has 3 N–H and O–H groups in total. The highest BCUT2D eigenvalue weighted by Gasteiger charge is 2.40. The van der Waals surface area contributed by atoms with Crippen molar-refractivity contribution in [2.45, 2.75) is 32.6 Å². The monoisotopic (exact) mass is 296 g/mol. The average molecular weight is 296 g/mol. The van der Waals surface area contributed by atoms with Gasteiger partial charge in [0.2, 0.25) is 11.8 Å². The second-order valence-corrected chi connectivity index (χ2v) is 6.27. The predicted molar refractivity (Wildman–Crippen MR) is 81.7 cm³/mol. The Morgan fingerprint density at radius 2 is 1.86 bits per heavy atom. The van der Waals surface area contributed by atoms with Crippen LogP contribution in [0.5, 0.6) is 0 Å². The number of nitrogens with two attached hydrogens (primary N) is 1. The molecule has 0 spiro atoms. The standard InChI is InChI=1S/C15H28N4O2/c1-2-15(4-6-17-7-5-15)14(21)19-9-3-8-18(10-11-19)12-13(16)20/h17H,2-12H2,1H3,(H2,16,20). The molecule has 2 rings (SSSR count). The summed E-state index contributed by atoms with van der Waals surface area (Å²) in [5, 5.41) is 3.34. The van der Waals surface area contributed by atoms with E-state index in [1.165, 1.54) is 0 Å². The van der Waals surface area contributed by atoms with Crippen LogP contribution in [0.1, 0.15) is 32.6 Å². The number of rotatable bonds is 4. The number of nitrogens with zero attached hydrogens (tertiary/aromatic N) is 2. The molecule has 2 aliphatic heterocycles. The van der Waals surface area contributed by atoms with Gasteiger partial charge in [0.25, 0.3) is 0 Å². The van der Waals surface area contributed by atoms with E-state index in [9.17, 15) is 9.59 Å². The lowest BCUT2D eigenvalue weighted by Gasteiger charge is -2.39. The Morgan fingerprint density at radius 1 is 1.14 bits per heavy atom. The molecule has 2 aliphatic rings. The van der Waals surface area contributed by atoms with Crippen molar-refractivity contribution < 1.29 is 9.59 Å². The van der Waals surface area contributed by atoms with Crippen LogP contribution in [0.4, 0.5) is 0 Å². The van der Waals surface area contributed by atoms with Crippen LogP contribution in [0.25, 0.3) is 0 Å². The van der Waals surface area contributed by atoms with Gasteiger partial charge < -0.3 is 16.0 Å². The van der Waals surface area contributed by atoms with Crippen molar-refractivity contribution in [3.63, 3.8) is 0 Å². The molecule has 0 aromatic carbocycles. The molecule has 2 amide bonds. The second kappa shape index (κ2) is 7.22. The normalized spacial score (nSPS) is 23.6. The van der Waals surface area contributed by atoms with Crippen LogP contribution in [-0.2, 0) is 9.59 Å². The predicted octanol–water partition coefficient (Wildman–Crippen LogP) is -0.214. The molecule has 0 saturated carbocycles. The number of hydrogen-bond donors (Lipinski definition) is 2. The topological polar surface area (TPSA) is 78.7 Å². The Balaban J connectivity index is 1.97. The molecule has 2 fully saturated rings. The van der Waals surface area contributed by atoms with Crippen molar-refractivity contribution in [3.8, 4) is 0 Å². The smallest absolute Gasteiger partial charge is 0.231 e. The minimum Gasteiger partial charge on any atom is -0.369 e. The molecule has 0 atom stereocenters. The van der Waals surface area contributed by atoms with Crippen LogP contribution in [0.3, 0.4) is 0 Å². The maximum Gasteiger partial charge on any atom is 0.231 e. The molecule has 21 heavy (non-hydrogen) atoms. The summed E-state index contributed by atoms with van der Waals surface area (Å²) in [4.78, 5) is 28.1. The van der Waals surface area contributed by atoms with Gasteiger partial charge >= 0.3 is 0 Å². The highest BCUT2D eigenvalue weighted by molar-refractivity contribution is 5.83. The summed E-state index contributed by atoms with van der Waals surface area (Å²) in [6.07, 6.45) is 3.69. The van der Waals surface area contributed by atoms with Gasteiger partial charge in [-0.05, 0) is 38.8 Å². The van der Waals surface area contributed by atoms with Crippen LogP contribution in [-0.4, -0.2) is 67.4 Å². The molecule has 0 unspecified atom stereocenters. The summed E-state index contributed by atoms with van der Waals surface area (Å²) < 4.78 is 0. The molecule has 120 valence electrons. The number of carbonyl (C=O) groups excluding carboxylic acids is 2. The average Bonchev–Trinajstić information content (AvgIpc) is 2.72. The first-order valence-electron chi connectivity index (χ1n) is 8.08. The van der Waals surface area contributed by atoms with E-state index in [0.717, 1.165) is 58.4 Å². The van der Waals surface area contributed by atoms with E-state index >= 15 is 0 Å². The highest BCUT2D eigenvalue weighted by atomic mass is 16.2. The summed E-state index contributed by atoms with van der Waals surface area (Å²) >= 11 is 0. The lowest BCUT2D eigenvalue weighted by Crippen LogP contribution is -2.50. The molecule has 0 bridgehead atoms. The van der Waals surface area contributed by atoms with E-state index < -0.39 is 0 Å². The fraction of sp³-hybridized carbons (Fsp3) is 0.867. The molecule has 6 nitrogen and oxygen atoms in total. The number of carbonyl (C=O) groups is 2. The first kappa shape index (κ1) is 16.2. The quantitative estimate of drug-likeness (QED) is 0.752. The lowest BCUT2D eigenvalue weighted by atomic mass is 9.75. The van der Waals surface area contributed by atoms with Crippen LogP contribution < -0.4 is 11.1 Å². The summed E-state index contributed by atoms with van der Waals surface area (Å²) in [6, 6.07) is 0. The Hall–Kier alpha value is -1.14. The molecule has 0 aliphatic carbocycles. The van der Waals surface area contributed by atoms with Gasteiger partial charge in [-0.3, -0.25) is 14.5 Å². The molecule has 2 saturated heterocycles. The zero-order valence-electron chi connectivity index (χ0n) is 13.1. The van der Waals surface area contributed by atoms with Crippen molar-refractivity contribution >= 4 is 11.8 Å². The van der Waals surface area contributed by atoms with Crippen LogP contribution in [0.15, 0.2) is 0 Å². The van der Waals surface area contributed by atoms with Gasteiger partial charge in [0.15, 0.2) is 0 Å². The first-order chi connectivity index (χ1) is 10.1. The number of hydrogen-bond acceptors (Lipinski definition) is 4. The Kier molecular flexibility index (Phi) is 5.58. The largest absolute Gasteiger partial charge is 0.369 e. The molecular weight excluding hydrogens is 268 g/mol. The van der Waals surface area contributed by atoms with Gasteiger partial charge in [-0.1, -0.05) is 6.92 Å². The third kappa shape index (κ3) is 3.95. The van der Waals surface area contributed by atoms with Gasteiger partial charge in [-0.15, -0.1) is 0 Å². The van der Waals surface area contributed by atoms with E-state index in [0.29, 0.717) is 19.0 Å². The summed E-state index contributed by atoms with van der Waals surface area (Å²) in [7, 11) is 0. The Labute approximate surface area is 127 Å². The van der Waals surface area contributed by atoms with Crippen LogP contribution >= 0.6 is 0 Å². The highest BCUT2D eigenvalue weighted by Crippen LogP contribution is 2.34. The van der Waals surface area contributed by atoms with E-state index in [1.54, 1.807) is 0 Å². The van der Waals surface area contributed by atoms with Gasteiger partial charge in [0, 0.05) is 26.2 Å². The summed E-state index contributed by atoms with van der Waals surface area (Å²) in [6.45, 7) is 7.37. The van der Waals surface area contributed by atoms with E-state index in [1.807, 2.05) is 4.90 Å². The minimum atomic E-state index is -0.293. The first-order valence-corrected chi connectivity index (χ1v) is 8.08. The molecular formula is C15H28N4O2. The summed E-state index contributed by atoms with van der Waals surface area (Å²) in [5.74, 6) is 0.0191. The number of amides is 2. The zero-order valence-corrected chi connectivity index (χ0v) is 13.1. The SMILES string of the molecule is CCC1(C(=O)N2CCCN(CC(N)=O)CC2)CCNCC1. The van der Waals surface area contributed by atoms with Gasteiger partial charge in [0.1, 0.15) is 0 Å². The minimum absolute atomic E-state index is 0.176.